The molecule has 0 aliphatic carbocycles. The predicted molar refractivity (Wildman–Crippen MR) is 70.5 cm³/mol. The molecule has 0 spiro atoms. The summed E-state index contributed by atoms with van der Waals surface area (Å²) in [6.07, 6.45) is 4.54. The van der Waals surface area contributed by atoms with Crippen LogP contribution in [-0.4, -0.2) is 27.6 Å². The number of carboxylic acids is 1. The number of aromatic nitrogens is 2. The Hall–Kier alpha value is -1.65. The Kier molecular flexibility index (Phi) is 5.55. The molecule has 0 aliphatic heterocycles. The quantitative estimate of drug-likeness (QED) is 0.778. The molecule has 0 amide bonds. The molecule has 100 valence electrons. The molecule has 5 nitrogen and oxygen atoms in total. The highest BCUT2D eigenvalue weighted by Gasteiger charge is 2.15. The van der Waals surface area contributed by atoms with Gasteiger partial charge in [0, 0.05) is 25.4 Å². The van der Waals surface area contributed by atoms with Crippen LogP contribution in [0.1, 0.15) is 32.3 Å². The summed E-state index contributed by atoms with van der Waals surface area (Å²) in [7, 11) is 0. The zero-order valence-electron chi connectivity index (χ0n) is 11.2. The number of hydrogen-bond donors (Lipinski definition) is 2. The topological polar surface area (TPSA) is 75.1 Å². The molecule has 0 saturated heterocycles. The van der Waals surface area contributed by atoms with E-state index in [1.807, 2.05) is 6.92 Å². The van der Waals surface area contributed by atoms with E-state index in [0.29, 0.717) is 18.4 Å². The second-order valence-electron chi connectivity index (χ2n) is 5.06. The van der Waals surface area contributed by atoms with Crippen LogP contribution in [0.5, 0.6) is 0 Å². The lowest BCUT2D eigenvalue weighted by Crippen LogP contribution is -2.20. The summed E-state index contributed by atoms with van der Waals surface area (Å²) >= 11 is 0. The zero-order chi connectivity index (χ0) is 13.5. The average molecular weight is 251 g/mol. The number of hydrogen-bond acceptors (Lipinski definition) is 4. The molecule has 1 aromatic heterocycles. The van der Waals surface area contributed by atoms with Gasteiger partial charge in [0.15, 0.2) is 0 Å². The lowest BCUT2D eigenvalue weighted by Gasteiger charge is -2.17. The number of nitrogens with zero attached hydrogens (tertiary/aromatic N) is 2. The molecule has 0 bridgehead atoms. The van der Waals surface area contributed by atoms with Gasteiger partial charge in [-0.25, -0.2) is 9.97 Å². The van der Waals surface area contributed by atoms with Crippen molar-refractivity contribution in [2.24, 2.45) is 11.8 Å². The fraction of sp³-hybridized carbons (Fsp3) is 0.615. The summed E-state index contributed by atoms with van der Waals surface area (Å²) in [5, 5.41) is 12.0. The lowest BCUT2D eigenvalue weighted by atomic mass is 9.94. The maximum absolute atomic E-state index is 10.8. The number of aryl methyl sites for hydroxylation is 1. The molecular formula is C13H21N3O2. The third kappa shape index (κ3) is 5.61. The minimum Gasteiger partial charge on any atom is -0.481 e. The molecule has 0 radical (unpaired) electrons. The predicted octanol–water partition coefficient (Wildman–Crippen LogP) is 2.33. The second kappa shape index (κ2) is 6.93. The van der Waals surface area contributed by atoms with Gasteiger partial charge in [0.1, 0.15) is 0 Å². The highest BCUT2D eigenvalue weighted by molar-refractivity contribution is 5.67. The fourth-order valence-electron chi connectivity index (χ4n) is 1.87. The summed E-state index contributed by atoms with van der Waals surface area (Å²) in [6.45, 7) is 6.71. The lowest BCUT2D eigenvalue weighted by molar-refractivity contribution is -0.138. The van der Waals surface area contributed by atoms with Gasteiger partial charge < -0.3 is 10.4 Å². The van der Waals surface area contributed by atoms with Crippen molar-refractivity contribution in [3.8, 4) is 0 Å². The fourth-order valence-corrected chi connectivity index (χ4v) is 1.87. The molecule has 1 aromatic rings. The highest BCUT2D eigenvalue weighted by Crippen LogP contribution is 2.16. The van der Waals surface area contributed by atoms with Crippen molar-refractivity contribution < 1.29 is 9.90 Å². The number of carbonyl (C=O) groups is 1. The van der Waals surface area contributed by atoms with Crippen LogP contribution in [0, 0.1) is 18.8 Å². The molecule has 18 heavy (non-hydrogen) atoms. The van der Waals surface area contributed by atoms with Crippen LogP contribution in [0.4, 0.5) is 5.95 Å². The van der Waals surface area contributed by atoms with E-state index >= 15 is 0 Å². The Labute approximate surface area is 108 Å². The molecule has 1 unspecified atom stereocenters. The smallest absolute Gasteiger partial charge is 0.303 e. The maximum Gasteiger partial charge on any atom is 0.303 e. The van der Waals surface area contributed by atoms with E-state index in [4.69, 9.17) is 5.11 Å². The van der Waals surface area contributed by atoms with Crippen molar-refractivity contribution in [3.63, 3.8) is 0 Å². The number of anilines is 1. The molecule has 0 fully saturated rings. The zero-order valence-corrected chi connectivity index (χ0v) is 11.2. The molecule has 1 rings (SSSR count). The minimum absolute atomic E-state index is 0.104. The molecule has 5 heteroatoms. The van der Waals surface area contributed by atoms with Crippen molar-refractivity contribution in [1.82, 2.24) is 9.97 Å². The van der Waals surface area contributed by atoms with E-state index in [1.54, 1.807) is 12.4 Å². The van der Waals surface area contributed by atoms with Crippen molar-refractivity contribution in [2.75, 3.05) is 11.9 Å². The second-order valence-corrected chi connectivity index (χ2v) is 5.06. The standard InChI is InChI=1S/C13H21N3O2/c1-9(2)4-11(5-12(17)18)8-16-13-14-6-10(3)7-15-13/h6-7,9,11H,4-5,8H2,1-3H3,(H,17,18)(H,14,15,16). The van der Waals surface area contributed by atoms with Crippen molar-refractivity contribution in [3.05, 3.63) is 18.0 Å². The van der Waals surface area contributed by atoms with Crippen LogP contribution in [0.25, 0.3) is 0 Å². The summed E-state index contributed by atoms with van der Waals surface area (Å²) in [6, 6.07) is 0. The Morgan fingerprint density at radius 3 is 2.50 bits per heavy atom. The van der Waals surface area contributed by atoms with Gasteiger partial charge in [0.25, 0.3) is 0 Å². The van der Waals surface area contributed by atoms with Gasteiger partial charge in [-0.15, -0.1) is 0 Å². The van der Waals surface area contributed by atoms with Crippen LogP contribution in [0.3, 0.4) is 0 Å². The molecule has 1 heterocycles. The van der Waals surface area contributed by atoms with E-state index in [1.165, 1.54) is 0 Å². The van der Waals surface area contributed by atoms with Gasteiger partial charge in [-0.3, -0.25) is 4.79 Å². The van der Waals surface area contributed by atoms with Crippen LogP contribution in [0.15, 0.2) is 12.4 Å². The molecule has 0 saturated carbocycles. The van der Waals surface area contributed by atoms with E-state index in [0.717, 1.165) is 12.0 Å². The average Bonchev–Trinajstić information content (AvgIpc) is 2.26. The Morgan fingerprint density at radius 2 is 2.00 bits per heavy atom. The third-order valence-electron chi connectivity index (χ3n) is 2.60. The Morgan fingerprint density at radius 1 is 1.39 bits per heavy atom. The van der Waals surface area contributed by atoms with Crippen molar-refractivity contribution in [2.45, 2.75) is 33.6 Å². The maximum atomic E-state index is 10.8. The molecule has 0 aliphatic rings. The molecule has 1 atom stereocenters. The monoisotopic (exact) mass is 251 g/mol. The Balaban J connectivity index is 2.50. The minimum atomic E-state index is -0.757. The summed E-state index contributed by atoms with van der Waals surface area (Å²) in [4.78, 5) is 19.1. The number of aliphatic carboxylic acids is 1. The third-order valence-corrected chi connectivity index (χ3v) is 2.60. The number of nitrogens with one attached hydrogen (secondary N) is 1. The van der Waals surface area contributed by atoms with Crippen molar-refractivity contribution >= 4 is 11.9 Å². The number of carboxylic acid groups (broad SMARTS) is 1. The summed E-state index contributed by atoms with van der Waals surface area (Å²) in [5.74, 6) is 0.384. The molecular weight excluding hydrogens is 230 g/mol. The van der Waals surface area contributed by atoms with Crippen LogP contribution in [0.2, 0.25) is 0 Å². The first-order chi connectivity index (χ1) is 8.47. The summed E-state index contributed by atoms with van der Waals surface area (Å²) < 4.78 is 0. The number of rotatable bonds is 7. The molecule has 0 aromatic carbocycles. The van der Waals surface area contributed by atoms with Crippen LogP contribution in [-0.2, 0) is 4.79 Å². The van der Waals surface area contributed by atoms with Crippen LogP contribution < -0.4 is 5.32 Å². The van der Waals surface area contributed by atoms with Gasteiger partial charge in [-0.2, -0.15) is 0 Å². The van der Waals surface area contributed by atoms with Gasteiger partial charge in [-0.05, 0) is 30.7 Å². The van der Waals surface area contributed by atoms with E-state index in [9.17, 15) is 4.79 Å². The first-order valence-corrected chi connectivity index (χ1v) is 6.21. The largest absolute Gasteiger partial charge is 0.481 e. The van der Waals surface area contributed by atoms with Gasteiger partial charge >= 0.3 is 5.97 Å². The normalized spacial score (nSPS) is 12.4. The van der Waals surface area contributed by atoms with Crippen LogP contribution >= 0.6 is 0 Å². The van der Waals surface area contributed by atoms with Gasteiger partial charge in [0.05, 0.1) is 0 Å². The molecule has 2 N–H and O–H groups in total. The van der Waals surface area contributed by atoms with E-state index < -0.39 is 5.97 Å². The first kappa shape index (κ1) is 14.4. The summed E-state index contributed by atoms with van der Waals surface area (Å²) in [5.41, 5.74) is 1.00. The first-order valence-electron chi connectivity index (χ1n) is 6.21. The van der Waals surface area contributed by atoms with Gasteiger partial charge in [-0.1, -0.05) is 13.8 Å². The van der Waals surface area contributed by atoms with Crippen molar-refractivity contribution in [1.29, 1.82) is 0 Å². The SMILES string of the molecule is Cc1cnc(NCC(CC(=O)O)CC(C)C)nc1. The van der Waals surface area contributed by atoms with E-state index in [2.05, 4.69) is 29.1 Å². The van der Waals surface area contributed by atoms with E-state index in [-0.39, 0.29) is 12.3 Å². The highest BCUT2D eigenvalue weighted by atomic mass is 16.4. The van der Waals surface area contributed by atoms with Gasteiger partial charge in [0.2, 0.25) is 5.95 Å². The Bertz CT molecular complexity index is 376.